The molecule has 30 heavy (non-hydrogen) atoms. The number of amides is 1. The van der Waals surface area contributed by atoms with Crippen LogP contribution in [-0.4, -0.2) is 55.6 Å². The SMILES string of the molecule is COc1nc(Cl)cc(C(=O)N2CCC[C@H](c3cc(C(F)F)nc4ncnn34)C2)c1F. The highest BCUT2D eigenvalue weighted by molar-refractivity contribution is 6.29. The van der Waals surface area contributed by atoms with Crippen molar-refractivity contribution in [3.05, 3.63) is 46.4 Å². The summed E-state index contributed by atoms with van der Waals surface area (Å²) in [4.78, 5) is 25.8. The minimum atomic E-state index is -2.77. The monoisotopic (exact) mass is 440 g/mol. The summed E-state index contributed by atoms with van der Waals surface area (Å²) in [5.41, 5.74) is -0.205. The van der Waals surface area contributed by atoms with Gasteiger partial charge in [-0.15, -0.1) is 0 Å². The minimum absolute atomic E-state index is 0.0583. The fourth-order valence-electron chi connectivity index (χ4n) is 3.60. The van der Waals surface area contributed by atoms with Gasteiger partial charge in [0, 0.05) is 19.0 Å². The highest BCUT2D eigenvalue weighted by Gasteiger charge is 2.31. The molecule has 4 rings (SSSR count). The first-order valence-corrected chi connectivity index (χ1v) is 9.45. The number of carbonyl (C=O) groups excluding carboxylic acids is 1. The van der Waals surface area contributed by atoms with Gasteiger partial charge in [-0.3, -0.25) is 4.79 Å². The topological polar surface area (TPSA) is 85.5 Å². The van der Waals surface area contributed by atoms with Crippen LogP contribution < -0.4 is 4.74 Å². The van der Waals surface area contributed by atoms with Crippen LogP contribution in [0.4, 0.5) is 13.2 Å². The number of hydrogen-bond acceptors (Lipinski definition) is 6. The molecule has 0 N–H and O–H groups in total. The van der Waals surface area contributed by atoms with Gasteiger partial charge in [0.15, 0.2) is 5.82 Å². The molecule has 158 valence electrons. The highest BCUT2D eigenvalue weighted by Crippen LogP contribution is 2.31. The number of pyridine rings is 1. The zero-order valence-corrected chi connectivity index (χ0v) is 16.5. The Balaban J connectivity index is 1.66. The summed E-state index contributed by atoms with van der Waals surface area (Å²) in [6.07, 6.45) is -0.314. The summed E-state index contributed by atoms with van der Waals surface area (Å²) in [6, 6.07) is 2.42. The lowest BCUT2D eigenvalue weighted by Crippen LogP contribution is -2.40. The van der Waals surface area contributed by atoms with E-state index >= 15 is 0 Å². The molecule has 0 aliphatic carbocycles. The molecule has 4 heterocycles. The molecule has 1 saturated heterocycles. The molecule has 12 heteroatoms. The van der Waals surface area contributed by atoms with Gasteiger partial charge in [0.1, 0.15) is 17.2 Å². The largest absolute Gasteiger partial charge is 0.479 e. The molecule has 0 spiro atoms. The average molecular weight is 441 g/mol. The van der Waals surface area contributed by atoms with Crippen LogP contribution in [0.5, 0.6) is 5.88 Å². The molecule has 1 amide bonds. The number of likely N-dealkylation sites (tertiary alicyclic amines) is 1. The third kappa shape index (κ3) is 3.64. The number of carbonyl (C=O) groups is 1. The van der Waals surface area contributed by atoms with Gasteiger partial charge in [-0.25, -0.2) is 22.7 Å². The van der Waals surface area contributed by atoms with E-state index in [9.17, 15) is 18.0 Å². The Morgan fingerprint density at radius 3 is 2.87 bits per heavy atom. The van der Waals surface area contributed by atoms with Crippen LogP contribution in [0, 0.1) is 5.82 Å². The maximum Gasteiger partial charge on any atom is 0.280 e. The van der Waals surface area contributed by atoms with Crippen molar-refractivity contribution in [2.45, 2.75) is 25.2 Å². The van der Waals surface area contributed by atoms with Crippen LogP contribution >= 0.6 is 11.6 Å². The molecule has 1 aliphatic rings. The number of rotatable bonds is 4. The fraction of sp³-hybridized carbons (Fsp3) is 0.389. The molecule has 1 fully saturated rings. The van der Waals surface area contributed by atoms with Crippen molar-refractivity contribution in [1.29, 1.82) is 0 Å². The molecule has 0 unspecified atom stereocenters. The van der Waals surface area contributed by atoms with E-state index in [1.54, 1.807) is 0 Å². The Labute approximate surface area is 173 Å². The molecule has 1 atom stereocenters. The van der Waals surface area contributed by atoms with Gasteiger partial charge in [0.25, 0.3) is 24.0 Å². The van der Waals surface area contributed by atoms with Crippen molar-refractivity contribution in [2.24, 2.45) is 0 Å². The molecular formula is C18H16ClF3N6O2. The summed E-state index contributed by atoms with van der Waals surface area (Å²) in [6.45, 7) is 0.562. The lowest BCUT2D eigenvalue weighted by atomic mass is 9.93. The maximum absolute atomic E-state index is 14.6. The maximum atomic E-state index is 14.6. The van der Waals surface area contributed by atoms with Crippen molar-refractivity contribution in [3.63, 3.8) is 0 Å². The lowest BCUT2D eigenvalue weighted by molar-refractivity contribution is 0.0698. The van der Waals surface area contributed by atoms with Gasteiger partial charge in [0.05, 0.1) is 18.4 Å². The minimum Gasteiger partial charge on any atom is -0.479 e. The molecule has 3 aromatic heterocycles. The van der Waals surface area contributed by atoms with E-state index in [2.05, 4.69) is 20.1 Å². The van der Waals surface area contributed by atoms with Crippen molar-refractivity contribution in [2.75, 3.05) is 20.2 Å². The van der Waals surface area contributed by atoms with E-state index in [1.807, 2.05) is 0 Å². The zero-order chi connectivity index (χ0) is 21.4. The summed E-state index contributed by atoms with van der Waals surface area (Å²) < 4.78 is 47.3. The number of piperidine rings is 1. The number of aromatic nitrogens is 5. The van der Waals surface area contributed by atoms with Gasteiger partial charge >= 0.3 is 0 Å². The molecule has 8 nitrogen and oxygen atoms in total. The van der Waals surface area contributed by atoms with Crippen LogP contribution in [0.2, 0.25) is 5.15 Å². The zero-order valence-electron chi connectivity index (χ0n) is 15.7. The van der Waals surface area contributed by atoms with Gasteiger partial charge in [-0.2, -0.15) is 15.1 Å². The third-order valence-corrected chi connectivity index (χ3v) is 5.16. The van der Waals surface area contributed by atoms with Gasteiger partial charge in [0.2, 0.25) is 0 Å². The van der Waals surface area contributed by atoms with Crippen LogP contribution in [0.15, 0.2) is 18.5 Å². The van der Waals surface area contributed by atoms with Gasteiger partial charge in [-0.05, 0) is 25.0 Å². The summed E-state index contributed by atoms with van der Waals surface area (Å²) in [5, 5.41) is 3.98. The number of ether oxygens (including phenoxy) is 1. The number of methoxy groups -OCH3 is 1. The van der Waals surface area contributed by atoms with E-state index < -0.39 is 23.8 Å². The van der Waals surface area contributed by atoms with Crippen LogP contribution in [0.3, 0.4) is 0 Å². The molecular weight excluding hydrogens is 425 g/mol. The standard InChI is InChI=1S/C18H16ClF3N6O2/c1-30-16-14(20)10(5-13(19)26-16)17(29)27-4-2-3-9(7-27)12-6-11(15(21)22)25-18-23-8-24-28(12)18/h5-6,8-9,15H,2-4,7H2,1H3/t9-/m0/s1. The first kappa shape index (κ1) is 20.3. The number of alkyl halides is 2. The normalized spacial score (nSPS) is 17.0. The van der Waals surface area contributed by atoms with Crippen molar-refractivity contribution in [1.82, 2.24) is 29.5 Å². The van der Waals surface area contributed by atoms with E-state index in [1.165, 1.54) is 28.9 Å². The van der Waals surface area contributed by atoms with Crippen molar-refractivity contribution in [3.8, 4) is 5.88 Å². The molecule has 0 saturated carbocycles. The Bertz CT molecular complexity index is 1110. The number of hydrogen-bond donors (Lipinski definition) is 0. The Morgan fingerprint density at radius 1 is 1.33 bits per heavy atom. The first-order chi connectivity index (χ1) is 14.4. The van der Waals surface area contributed by atoms with E-state index in [4.69, 9.17) is 16.3 Å². The highest BCUT2D eigenvalue weighted by atomic mass is 35.5. The smallest absolute Gasteiger partial charge is 0.280 e. The molecule has 0 radical (unpaired) electrons. The lowest BCUT2D eigenvalue weighted by Gasteiger charge is -2.33. The summed E-state index contributed by atoms with van der Waals surface area (Å²) in [5.74, 6) is -2.12. The quantitative estimate of drug-likeness (QED) is 0.579. The molecule has 1 aliphatic heterocycles. The molecule has 3 aromatic rings. The Morgan fingerprint density at radius 2 is 2.13 bits per heavy atom. The van der Waals surface area contributed by atoms with E-state index in [-0.39, 0.29) is 34.8 Å². The summed E-state index contributed by atoms with van der Waals surface area (Å²) in [7, 11) is 1.22. The Hall–Kier alpha value is -2.95. The Kier molecular flexibility index (Phi) is 5.46. The van der Waals surface area contributed by atoms with E-state index in [0.29, 0.717) is 25.1 Å². The number of halogens is 4. The van der Waals surface area contributed by atoms with E-state index in [0.717, 1.165) is 6.07 Å². The van der Waals surface area contributed by atoms with Crippen LogP contribution in [0.1, 0.15) is 46.9 Å². The second-order valence-corrected chi connectivity index (χ2v) is 7.17. The number of fused-ring (bicyclic) bond motifs is 1. The van der Waals surface area contributed by atoms with Crippen LogP contribution in [-0.2, 0) is 0 Å². The fourth-order valence-corrected chi connectivity index (χ4v) is 3.78. The van der Waals surface area contributed by atoms with Crippen LogP contribution in [0.25, 0.3) is 5.78 Å². The van der Waals surface area contributed by atoms with Crippen molar-refractivity contribution < 1.29 is 22.7 Å². The first-order valence-electron chi connectivity index (χ1n) is 9.07. The average Bonchev–Trinajstić information content (AvgIpc) is 3.22. The van der Waals surface area contributed by atoms with Gasteiger partial charge in [-0.1, -0.05) is 11.6 Å². The second kappa shape index (κ2) is 8.05. The predicted molar refractivity (Wildman–Crippen MR) is 99.4 cm³/mol. The van der Waals surface area contributed by atoms with Crippen molar-refractivity contribution >= 4 is 23.3 Å². The molecule has 0 aromatic carbocycles. The number of nitrogens with zero attached hydrogens (tertiary/aromatic N) is 6. The summed E-state index contributed by atoms with van der Waals surface area (Å²) >= 11 is 5.88. The predicted octanol–water partition coefficient (Wildman–Crippen LogP) is 3.28. The van der Waals surface area contributed by atoms with Gasteiger partial charge < -0.3 is 9.64 Å². The second-order valence-electron chi connectivity index (χ2n) is 6.78. The molecule has 0 bridgehead atoms. The third-order valence-electron chi connectivity index (χ3n) is 4.97.